The van der Waals surface area contributed by atoms with Crippen LogP contribution in [0, 0.1) is 0 Å². The van der Waals surface area contributed by atoms with Gasteiger partial charge < -0.3 is 14.4 Å². The Hall–Kier alpha value is -2.37. The van der Waals surface area contributed by atoms with Gasteiger partial charge in [-0.15, -0.1) is 5.10 Å². The molecule has 0 unspecified atom stereocenters. The maximum absolute atomic E-state index is 12.5. The number of carbonyl (C=O) groups excluding carboxylic acids is 1. The maximum atomic E-state index is 12.5. The van der Waals surface area contributed by atoms with Gasteiger partial charge in [0.2, 0.25) is 5.91 Å². The molecule has 0 aromatic carbocycles. The van der Waals surface area contributed by atoms with Crippen molar-refractivity contribution in [3.63, 3.8) is 0 Å². The van der Waals surface area contributed by atoms with Crippen LogP contribution in [0.15, 0.2) is 42.9 Å². The van der Waals surface area contributed by atoms with Crippen molar-refractivity contribution in [2.45, 2.75) is 38.3 Å². The first-order valence-electron chi connectivity index (χ1n) is 8.56. The summed E-state index contributed by atoms with van der Waals surface area (Å²) in [5, 5.41) is 8.11. The Morgan fingerprint density at radius 3 is 2.62 bits per heavy atom. The zero-order valence-corrected chi connectivity index (χ0v) is 14.4. The van der Waals surface area contributed by atoms with Crippen LogP contribution in [-0.2, 0) is 4.79 Å². The number of nitrogens with zero attached hydrogens (tertiary/aromatic N) is 5. The number of aromatic nitrogens is 3. The van der Waals surface area contributed by atoms with Crippen molar-refractivity contribution in [1.29, 1.82) is 0 Å². The van der Waals surface area contributed by atoms with Gasteiger partial charge in [0.1, 0.15) is 0 Å². The van der Waals surface area contributed by atoms with Crippen LogP contribution >= 0.6 is 0 Å². The minimum absolute atomic E-state index is 0.201. The van der Waals surface area contributed by atoms with Gasteiger partial charge in [0, 0.05) is 57.2 Å². The summed E-state index contributed by atoms with van der Waals surface area (Å²) in [5.41, 5.74) is 0. The highest BCUT2D eigenvalue weighted by Gasteiger charge is 2.26. The summed E-state index contributed by atoms with van der Waals surface area (Å²) in [7, 11) is 2.06. The van der Waals surface area contributed by atoms with Gasteiger partial charge >= 0.3 is 0 Å². The summed E-state index contributed by atoms with van der Waals surface area (Å²) < 4.78 is 2.09. The molecule has 1 aliphatic rings. The number of anilines is 1. The van der Waals surface area contributed by atoms with Crippen LogP contribution in [0.4, 0.5) is 5.82 Å². The van der Waals surface area contributed by atoms with Gasteiger partial charge in [-0.05, 0) is 44.0 Å². The molecule has 6 heteroatoms. The average Bonchev–Trinajstić information content (AvgIpc) is 3.17. The van der Waals surface area contributed by atoms with E-state index in [1.165, 1.54) is 0 Å². The number of hydrogen-bond acceptors (Lipinski definition) is 4. The van der Waals surface area contributed by atoms with Gasteiger partial charge in [0.15, 0.2) is 5.82 Å². The third-order valence-electron chi connectivity index (χ3n) is 4.89. The van der Waals surface area contributed by atoms with E-state index in [2.05, 4.69) is 33.6 Å². The van der Waals surface area contributed by atoms with Crippen LogP contribution in [0.3, 0.4) is 0 Å². The second kappa shape index (κ2) is 7.47. The first kappa shape index (κ1) is 16.5. The lowest BCUT2D eigenvalue weighted by Crippen LogP contribution is -2.46. The molecule has 0 radical (unpaired) electrons. The number of rotatable bonds is 5. The molecule has 3 rings (SSSR count). The maximum Gasteiger partial charge on any atom is 0.224 e. The second-order valence-corrected chi connectivity index (χ2v) is 6.49. The number of likely N-dealkylation sites (tertiary alicyclic amines) is 1. The van der Waals surface area contributed by atoms with E-state index in [1.54, 1.807) is 6.20 Å². The molecular weight excluding hydrogens is 302 g/mol. The molecule has 0 N–H and O–H groups in total. The highest BCUT2D eigenvalue weighted by atomic mass is 16.2. The van der Waals surface area contributed by atoms with Crippen LogP contribution in [0.25, 0.3) is 0 Å². The summed E-state index contributed by atoms with van der Waals surface area (Å²) in [6.45, 7) is 3.71. The van der Waals surface area contributed by atoms with E-state index in [0.717, 1.165) is 31.7 Å². The molecule has 2 aromatic heterocycles. The molecule has 2 aromatic rings. The lowest BCUT2D eigenvalue weighted by molar-refractivity contribution is -0.132. The van der Waals surface area contributed by atoms with Crippen molar-refractivity contribution < 1.29 is 4.79 Å². The topological polar surface area (TPSA) is 54.3 Å². The third-order valence-corrected chi connectivity index (χ3v) is 4.89. The molecule has 1 fully saturated rings. The van der Waals surface area contributed by atoms with Crippen molar-refractivity contribution in [3.05, 3.63) is 42.9 Å². The summed E-state index contributed by atoms with van der Waals surface area (Å²) in [6.07, 6.45) is 8.21. The van der Waals surface area contributed by atoms with Crippen molar-refractivity contribution in [2.24, 2.45) is 0 Å². The van der Waals surface area contributed by atoms with Crippen molar-refractivity contribution >= 4 is 11.7 Å². The van der Waals surface area contributed by atoms with Crippen LogP contribution < -0.4 is 4.90 Å². The Kier molecular flexibility index (Phi) is 5.13. The number of piperidine rings is 1. The lowest BCUT2D eigenvalue weighted by Gasteiger charge is -2.37. The van der Waals surface area contributed by atoms with Crippen molar-refractivity contribution in [3.8, 4) is 0 Å². The minimum atomic E-state index is 0.201. The Bertz CT molecular complexity index is 635. The highest BCUT2D eigenvalue weighted by Crippen LogP contribution is 2.21. The molecule has 0 saturated carbocycles. The van der Waals surface area contributed by atoms with Gasteiger partial charge in [-0.2, -0.15) is 5.10 Å². The SMILES string of the molecule is C[C@H](CC(=O)N1CCC(N(C)c2cccnn2)CC1)n1cccc1. The number of hydrogen-bond donors (Lipinski definition) is 0. The fourth-order valence-electron chi connectivity index (χ4n) is 3.30. The number of amides is 1. The largest absolute Gasteiger partial charge is 0.355 e. The summed E-state index contributed by atoms with van der Waals surface area (Å²) in [4.78, 5) is 16.7. The quantitative estimate of drug-likeness (QED) is 0.846. The lowest BCUT2D eigenvalue weighted by atomic mass is 10.0. The summed E-state index contributed by atoms with van der Waals surface area (Å²) >= 11 is 0. The normalized spacial score (nSPS) is 16.8. The Balaban J connectivity index is 1.50. The standard InChI is InChI=1S/C18H25N5O/c1-15(22-10-3-4-11-22)14-18(24)23-12-7-16(8-13-23)21(2)17-6-5-9-19-20-17/h3-6,9-11,15-16H,7-8,12-14H2,1-2H3/t15-/m1/s1. The monoisotopic (exact) mass is 327 g/mol. The van der Waals surface area contributed by atoms with Gasteiger partial charge in [-0.3, -0.25) is 4.79 Å². The smallest absolute Gasteiger partial charge is 0.224 e. The second-order valence-electron chi connectivity index (χ2n) is 6.49. The molecule has 0 bridgehead atoms. The van der Waals surface area contributed by atoms with Crippen molar-refractivity contribution in [2.75, 3.05) is 25.0 Å². The molecule has 24 heavy (non-hydrogen) atoms. The summed E-state index contributed by atoms with van der Waals surface area (Å²) in [5.74, 6) is 1.14. The molecule has 3 heterocycles. The van der Waals surface area contributed by atoms with E-state index in [0.29, 0.717) is 12.5 Å². The van der Waals surface area contributed by atoms with Gasteiger partial charge in [0.05, 0.1) is 0 Å². The van der Waals surface area contributed by atoms with Crippen LogP contribution in [0.5, 0.6) is 0 Å². The van der Waals surface area contributed by atoms with Crippen LogP contribution in [-0.4, -0.2) is 51.8 Å². The highest BCUT2D eigenvalue weighted by molar-refractivity contribution is 5.76. The van der Waals surface area contributed by atoms with E-state index < -0.39 is 0 Å². The molecule has 1 saturated heterocycles. The van der Waals surface area contributed by atoms with Gasteiger partial charge in [-0.1, -0.05) is 0 Å². The van der Waals surface area contributed by atoms with E-state index >= 15 is 0 Å². The Morgan fingerprint density at radius 1 is 1.29 bits per heavy atom. The average molecular weight is 327 g/mol. The first-order chi connectivity index (χ1) is 11.6. The summed E-state index contributed by atoms with van der Waals surface area (Å²) in [6, 6.07) is 8.48. The molecule has 1 atom stereocenters. The van der Waals surface area contributed by atoms with Crippen LogP contribution in [0.1, 0.15) is 32.2 Å². The van der Waals surface area contributed by atoms with Gasteiger partial charge in [-0.25, -0.2) is 0 Å². The fraction of sp³-hybridized carbons (Fsp3) is 0.500. The van der Waals surface area contributed by atoms with E-state index in [1.807, 2.05) is 41.6 Å². The Labute approximate surface area is 143 Å². The van der Waals surface area contributed by atoms with Crippen LogP contribution in [0.2, 0.25) is 0 Å². The predicted molar refractivity (Wildman–Crippen MR) is 93.8 cm³/mol. The molecule has 128 valence electrons. The zero-order valence-electron chi connectivity index (χ0n) is 14.4. The van der Waals surface area contributed by atoms with E-state index in [9.17, 15) is 4.79 Å². The molecule has 0 spiro atoms. The van der Waals surface area contributed by atoms with E-state index in [4.69, 9.17) is 0 Å². The van der Waals surface area contributed by atoms with Crippen molar-refractivity contribution in [1.82, 2.24) is 19.7 Å². The minimum Gasteiger partial charge on any atom is -0.355 e. The molecule has 1 amide bonds. The third kappa shape index (κ3) is 3.75. The number of carbonyl (C=O) groups is 1. The molecule has 6 nitrogen and oxygen atoms in total. The Morgan fingerprint density at radius 2 is 2.00 bits per heavy atom. The zero-order chi connectivity index (χ0) is 16.9. The molecular formula is C18H25N5O. The molecule has 1 aliphatic heterocycles. The predicted octanol–water partition coefficient (Wildman–Crippen LogP) is 2.36. The first-order valence-corrected chi connectivity index (χ1v) is 8.56. The van der Waals surface area contributed by atoms with Gasteiger partial charge in [0.25, 0.3) is 0 Å². The molecule has 0 aliphatic carbocycles. The van der Waals surface area contributed by atoms with E-state index in [-0.39, 0.29) is 11.9 Å². The fourth-order valence-corrected chi connectivity index (χ4v) is 3.30.